The molecule has 0 heterocycles. The number of aryl methyl sites for hydroxylation is 1. The number of esters is 1. The van der Waals surface area contributed by atoms with Crippen LogP contribution < -0.4 is 10.1 Å². The Labute approximate surface area is 99.7 Å². The van der Waals surface area contributed by atoms with Gasteiger partial charge in [0.25, 0.3) is 5.91 Å². The number of hydrogen-bond acceptors (Lipinski definition) is 4. The molecule has 0 aliphatic carbocycles. The molecule has 0 saturated carbocycles. The summed E-state index contributed by atoms with van der Waals surface area (Å²) in [7, 11) is 1.52. The normalized spacial score (nSPS) is 9.59. The SMILES string of the molecule is COc1ccc(C)cc1NC(=O)COC(C)=O. The molecule has 1 N–H and O–H groups in total. The molecule has 1 rings (SSSR count). The van der Waals surface area contributed by atoms with E-state index < -0.39 is 11.9 Å². The van der Waals surface area contributed by atoms with Gasteiger partial charge in [-0.1, -0.05) is 6.07 Å². The Morgan fingerprint density at radius 2 is 2.06 bits per heavy atom. The predicted molar refractivity (Wildman–Crippen MR) is 63.0 cm³/mol. The highest BCUT2D eigenvalue weighted by molar-refractivity contribution is 5.94. The first kappa shape index (κ1) is 13.0. The standard InChI is InChI=1S/C12H15NO4/c1-8-4-5-11(16-3)10(6-8)13-12(15)7-17-9(2)14/h4-6H,7H2,1-3H3,(H,13,15). The van der Waals surface area contributed by atoms with Gasteiger partial charge < -0.3 is 14.8 Å². The molecule has 1 amide bonds. The number of amides is 1. The van der Waals surface area contributed by atoms with Crippen molar-refractivity contribution in [1.82, 2.24) is 0 Å². The van der Waals surface area contributed by atoms with Gasteiger partial charge in [-0.25, -0.2) is 0 Å². The van der Waals surface area contributed by atoms with Crippen molar-refractivity contribution in [3.63, 3.8) is 0 Å². The molecule has 0 fully saturated rings. The highest BCUT2D eigenvalue weighted by atomic mass is 16.5. The van der Waals surface area contributed by atoms with Gasteiger partial charge in [-0.05, 0) is 24.6 Å². The number of benzene rings is 1. The van der Waals surface area contributed by atoms with Crippen LogP contribution in [0.5, 0.6) is 5.75 Å². The van der Waals surface area contributed by atoms with Crippen LogP contribution in [0.3, 0.4) is 0 Å². The van der Waals surface area contributed by atoms with Gasteiger partial charge in [-0.2, -0.15) is 0 Å². The van der Waals surface area contributed by atoms with Crippen molar-refractivity contribution in [3.05, 3.63) is 23.8 Å². The van der Waals surface area contributed by atoms with E-state index in [2.05, 4.69) is 10.1 Å². The first-order valence-corrected chi connectivity index (χ1v) is 5.11. The zero-order valence-corrected chi connectivity index (χ0v) is 10.1. The molecule has 5 heteroatoms. The van der Waals surface area contributed by atoms with Crippen LogP contribution in [0, 0.1) is 6.92 Å². The van der Waals surface area contributed by atoms with Gasteiger partial charge in [0.15, 0.2) is 6.61 Å². The van der Waals surface area contributed by atoms with Gasteiger partial charge in [0.2, 0.25) is 0 Å². The van der Waals surface area contributed by atoms with Crippen LogP contribution in [0.15, 0.2) is 18.2 Å². The second kappa shape index (κ2) is 5.89. The van der Waals surface area contributed by atoms with E-state index in [0.29, 0.717) is 11.4 Å². The summed E-state index contributed by atoms with van der Waals surface area (Å²) in [6, 6.07) is 5.42. The van der Waals surface area contributed by atoms with Crippen LogP contribution >= 0.6 is 0 Å². The van der Waals surface area contributed by atoms with E-state index in [1.165, 1.54) is 14.0 Å². The minimum absolute atomic E-state index is 0.299. The minimum atomic E-state index is -0.489. The van der Waals surface area contributed by atoms with Gasteiger partial charge in [-0.3, -0.25) is 9.59 Å². The maximum Gasteiger partial charge on any atom is 0.303 e. The van der Waals surface area contributed by atoms with E-state index >= 15 is 0 Å². The Morgan fingerprint density at radius 1 is 1.35 bits per heavy atom. The van der Waals surface area contributed by atoms with Crippen LogP contribution in [0.4, 0.5) is 5.69 Å². The maximum atomic E-state index is 11.5. The molecule has 1 aromatic carbocycles. The van der Waals surface area contributed by atoms with E-state index in [1.54, 1.807) is 12.1 Å². The largest absolute Gasteiger partial charge is 0.495 e. The molecule has 0 aliphatic rings. The molecule has 0 atom stereocenters. The zero-order valence-electron chi connectivity index (χ0n) is 10.1. The second-order valence-electron chi connectivity index (χ2n) is 3.53. The lowest BCUT2D eigenvalue weighted by Crippen LogP contribution is -2.20. The molecule has 17 heavy (non-hydrogen) atoms. The van der Waals surface area contributed by atoms with Crippen molar-refractivity contribution < 1.29 is 19.1 Å². The molecule has 0 bridgehead atoms. The van der Waals surface area contributed by atoms with Gasteiger partial charge in [0, 0.05) is 6.92 Å². The van der Waals surface area contributed by atoms with Crippen molar-refractivity contribution in [2.24, 2.45) is 0 Å². The van der Waals surface area contributed by atoms with Crippen LogP contribution in [0.25, 0.3) is 0 Å². The lowest BCUT2D eigenvalue weighted by atomic mass is 10.2. The van der Waals surface area contributed by atoms with Gasteiger partial charge in [0.05, 0.1) is 12.8 Å². The molecular formula is C12H15NO4. The van der Waals surface area contributed by atoms with E-state index in [-0.39, 0.29) is 6.61 Å². The summed E-state index contributed by atoms with van der Waals surface area (Å²) >= 11 is 0. The summed E-state index contributed by atoms with van der Waals surface area (Å²) in [6.45, 7) is 2.86. The topological polar surface area (TPSA) is 64.6 Å². The number of carbonyl (C=O) groups excluding carboxylic acids is 2. The summed E-state index contributed by atoms with van der Waals surface area (Å²) < 4.78 is 9.69. The van der Waals surface area contributed by atoms with Crippen molar-refractivity contribution >= 4 is 17.6 Å². The van der Waals surface area contributed by atoms with Crippen molar-refractivity contribution in [3.8, 4) is 5.75 Å². The van der Waals surface area contributed by atoms with Gasteiger partial charge >= 0.3 is 5.97 Å². The van der Waals surface area contributed by atoms with Crippen molar-refractivity contribution in [2.75, 3.05) is 19.0 Å². The minimum Gasteiger partial charge on any atom is -0.495 e. The van der Waals surface area contributed by atoms with Gasteiger partial charge in [0.1, 0.15) is 5.75 Å². The molecule has 0 aliphatic heterocycles. The van der Waals surface area contributed by atoms with E-state index in [1.807, 2.05) is 13.0 Å². The Morgan fingerprint density at radius 3 is 2.65 bits per heavy atom. The number of ether oxygens (including phenoxy) is 2. The Hall–Kier alpha value is -2.04. The maximum absolute atomic E-state index is 11.5. The summed E-state index contributed by atoms with van der Waals surface area (Å²) in [5.74, 6) is -0.327. The third kappa shape index (κ3) is 4.14. The molecule has 0 spiro atoms. The number of methoxy groups -OCH3 is 1. The van der Waals surface area contributed by atoms with Crippen molar-refractivity contribution in [1.29, 1.82) is 0 Å². The lowest BCUT2D eigenvalue weighted by molar-refractivity contribution is -0.144. The van der Waals surface area contributed by atoms with Crippen LogP contribution in [-0.4, -0.2) is 25.6 Å². The van der Waals surface area contributed by atoms with Crippen LogP contribution in [0.1, 0.15) is 12.5 Å². The quantitative estimate of drug-likeness (QED) is 0.806. The molecule has 0 aromatic heterocycles. The third-order valence-electron chi connectivity index (χ3n) is 2.04. The molecule has 0 radical (unpaired) electrons. The summed E-state index contributed by atoms with van der Waals surface area (Å²) in [6.07, 6.45) is 0. The Kier molecular flexibility index (Phi) is 4.51. The van der Waals surface area contributed by atoms with Crippen LogP contribution in [0.2, 0.25) is 0 Å². The van der Waals surface area contributed by atoms with Crippen LogP contribution in [-0.2, 0) is 14.3 Å². The summed E-state index contributed by atoms with van der Waals surface area (Å²) in [5, 5.41) is 2.62. The lowest BCUT2D eigenvalue weighted by Gasteiger charge is -2.10. The van der Waals surface area contributed by atoms with E-state index in [4.69, 9.17) is 4.74 Å². The molecule has 5 nitrogen and oxygen atoms in total. The molecule has 0 unspecified atom stereocenters. The number of anilines is 1. The molecule has 0 saturated heterocycles. The first-order chi connectivity index (χ1) is 8.02. The number of rotatable bonds is 4. The fraction of sp³-hybridized carbons (Fsp3) is 0.333. The average molecular weight is 237 g/mol. The number of hydrogen-bond donors (Lipinski definition) is 1. The summed E-state index contributed by atoms with van der Waals surface area (Å²) in [5.41, 5.74) is 1.55. The smallest absolute Gasteiger partial charge is 0.303 e. The third-order valence-corrected chi connectivity index (χ3v) is 2.04. The highest BCUT2D eigenvalue weighted by Crippen LogP contribution is 2.24. The van der Waals surface area contributed by atoms with Crippen molar-refractivity contribution in [2.45, 2.75) is 13.8 Å². The average Bonchev–Trinajstić information content (AvgIpc) is 2.27. The fourth-order valence-corrected chi connectivity index (χ4v) is 1.27. The summed E-state index contributed by atoms with van der Waals surface area (Å²) in [4.78, 5) is 22.0. The highest BCUT2D eigenvalue weighted by Gasteiger charge is 2.08. The first-order valence-electron chi connectivity index (χ1n) is 5.11. The van der Waals surface area contributed by atoms with E-state index in [0.717, 1.165) is 5.56 Å². The number of carbonyl (C=O) groups is 2. The fourth-order valence-electron chi connectivity index (χ4n) is 1.27. The zero-order chi connectivity index (χ0) is 12.8. The predicted octanol–water partition coefficient (Wildman–Crippen LogP) is 1.51. The second-order valence-corrected chi connectivity index (χ2v) is 3.53. The molecule has 92 valence electrons. The van der Waals surface area contributed by atoms with E-state index in [9.17, 15) is 9.59 Å². The Balaban J connectivity index is 2.69. The molecule has 1 aromatic rings. The Bertz CT molecular complexity index is 429. The molecular weight excluding hydrogens is 222 g/mol. The number of nitrogens with one attached hydrogen (secondary N) is 1. The monoisotopic (exact) mass is 237 g/mol. The van der Waals surface area contributed by atoms with Gasteiger partial charge in [-0.15, -0.1) is 0 Å².